The Morgan fingerprint density at radius 1 is 0.944 bits per heavy atom. The van der Waals surface area contributed by atoms with Crippen molar-refractivity contribution in [3.63, 3.8) is 0 Å². The van der Waals surface area contributed by atoms with Crippen LogP contribution in [0.5, 0.6) is 0 Å². The molecule has 6 nitrogen and oxygen atoms in total. The molecule has 1 aliphatic rings. The second kappa shape index (κ2) is 10.6. The Balaban J connectivity index is 1.56. The SMILES string of the molecule is COC(=O)[C@H](Cc1c(C2=CCC(=O)O2)[nH]c2ccccc12)N(Cc1ccccc1)Cc1ccccc1. The first-order valence-corrected chi connectivity index (χ1v) is 12.0. The Kier molecular flexibility index (Phi) is 6.96. The first kappa shape index (κ1) is 23.6. The predicted molar refractivity (Wildman–Crippen MR) is 139 cm³/mol. The van der Waals surface area contributed by atoms with Crippen molar-refractivity contribution < 1.29 is 19.1 Å². The molecule has 0 aliphatic carbocycles. The molecule has 2 heterocycles. The summed E-state index contributed by atoms with van der Waals surface area (Å²) in [6.07, 6.45) is 2.41. The molecule has 1 aliphatic heterocycles. The van der Waals surface area contributed by atoms with Gasteiger partial charge in [0.1, 0.15) is 6.04 Å². The molecule has 5 rings (SSSR count). The average molecular weight is 481 g/mol. The Hall–Kier alpha value is -4.16. The molecule has 0 radical (unpaired) electrons. The maximum Gasteiger partial charge on any atom is 0.323 e. The second-order valence-corrected chi connectivity index (χ2v) is 8.89. The molecule has 182 valence electrons. The van der Waals surface area contributed by atoms with E-state index in [9.17, 15) is 9.59 Å². The minimum absolute atomic E-state index is 0.235. The minimum Gasteiger partial charge on any atom is -0.468 e. The van der Waals surface area contributed by atoms with Gasteiger partial charge in [-0.2, -0.15) is 0 Å². The van der Waals surface area contributed by atoms with Crippen molar-refractivity contribution in [2.24, 2.45) is 0 Å². The number of aromatic nitrogens is 1. The van der Waals surface area contributed by atoms with Gasteiger partial charge >= 0.3 is 11.9 Å². The summed E-state index contributed by atoms with van der Waals surface area (Å²) in [6.45, 7) is 1.15. The van der Waals surface area contributed by atoms with Crippen molar-refractivity contribution in [2.45, 2.75) is 32.0 Å². The van der Waals surface area contributed by atoms with Gasteiger partial charge in [-0.05, 0) is 28.8 Å². The highest BCUT2D eigenvalue weighted by Crippen LogP contribution is 2.33. The summed E-state index contributed by atoms with van der Waals surface area (Å²) in [4.78, 5) is 30.7. The molecule has 0 saturated carbocycles. The molecular weight excluding hydrogens is 452 g/mol. The number of carbonyl (C=O) groups excluding carboxylic acids is 2. The number of rotatable bonds is 9. The molecule has 1 aromatic heterocycles. The number of carbonyl (C=O) groups is 2. The van der Waals surface area contributed by atoms with Crippen LogP contribution in [0, 0.1) is 0 Å². The third-order valence-corrected chi connectivity index (χ3v) is 6.51. The number of hydrogen-bond acceptors (Lipinski definition) is 5. The number of esters is 2. The molecule has 1 atom stereocenters. The van der Waals surface area contributed by atoms with Crippen molar-refractivity contribution in [2.75, 3.05) is 7.11 Å². The Labute approximate surface area is 210 Å². The zero-order valence-electron chi connectivity index (χ0n) is 20.1. The molecule has 0 spiro atoms. The van der Waals surface area contributed by atoms with Crippen LogP contribution in [-0.4, -0.2) is 35.0 Å². The number of cyclic esters (lactones) is 1. The van der Waals surface area contributed by atoms with Gasteiger partial charge in [0.2, 0.25) is 0 Å². The summed E-state index contributed by atoms with van der Waals surface area (Å²) in [5.41, 5.74) is 4.79. The summed E-state index contributed by atoms with van der Waals surface area (Å²) >= 11 is 0. The first-order chi connectivity index (χ1) is 17.6. The summed E-state index contributed by atoms with van der Waals surface area (Å²) in [7, 11) is 1.43. The minimum atomic E-state index is -0.564. The molecule has 0 amide bonds. The maximum absolute atomic E-state index is 13.3. The lowest BCUT2D eigenvalue weighted by Gasteiger charge is -2.30. The van der Waals surface area contributed by atoms with Gasteiger partial charge in [-0.1, -0.05) is 78.9 Å². The predicted octanol–water partition coefficient (Wildman–Crippen LogP) is 5.24. The van der Waals surface area contributed by atoms with Crippen LogP contribution in [0.2, 0.25) is 0 Å². The fourth-order valence-electron chi connectivity index (χ4n) is 4.76. The molecule has 4 aromatic rings. The lowest BCUT2D eigenvalue weighted by molar-refractivity contribution is -0.147. The van der Waals surface area contributed by atoms with E-state index in [0.717, 1.165) is 33.3 Å². The third-order valence-electron chi connectivity index (χ3n) is 6.51. The Morgan fingerprint density at radius 3 is 2.14 bits per heavy atom. The summed E-state index contributed by atoms with van der Waals surface area (Å²) in [5.74, 6) is -0.0862. The van der Waals surface area contributed by atoms with Gasteiger partial charge in [-0.15, -0.1) is 0 Å². The van der Waals surface area contributed by atoms with Gasteiger partial charge in [0, 0.05) is 30.4 Å². The van der Waals surface area contributed by atoms with E-state index in [1.54, 1.807) is 6.08 Å². The van der Waals surface area contributed by atoms with Gasteiger partial charge in [0.15, 0.2) is 5.76 Å². The number of hydrogen-bond donors (Lipinski definition) is 1. The zero-order valence-corrected chi connectivity index (χ0v) is 20.1. The molecule has 0 saturated heterocycles. The van der Waals surface area contributed by atoms with E-state index in [-0.39, 0.29) is 18.4 Å². The highest BCUT2D eigenvalue weighted by molar-refractivity contribution is 5.93. The topological polar surface area (TPSA) is 71.6 Å². The summed E-state index contributed by atoms with van der Waals surface area (Å²) < 4.78 is 10.8. The molecule has 6 heteroatoms. The molecule has 0 fully saturated rings. The van der Waals surface area contributed by atoms with E-state index in [0.29, 0.717) is 25.3 Å². The van der Waals surface area contributed by atoms with Crippen LogP contribution in [0.3, 0.4) is 0 Å². The number of para-hydroxylation sites is 1. The number of H-pyrrole nitrogens is 1. The number of methoxy groups -OCH3 is 1. The van der Waals surface area contributed by atoms with Crippen LogP contribution in [0.1, 0.15) is 28.8 Å². The normalized spacial score (nSPS) is 14.1. The Bertz CT molecular complexity index is 1350. The van der Waals surface area contributed by atoms with Crippen molar-refractivity contribution in [3.8, 4) is 0 Å². The van der Waals surface area contributed by atoms with E-state index >= 15 is 0 Å². The van der Waals surface area contributed by atoms with E-state index in [4.69, 9.17) is 9.47 Å². The lowest BCUT2D eigenvalue weighted by Crippen LogP contribution is -2.42. The van der Waals surface area contributed by atoms with Crippen LogP contribution < -0.4 is 0 Å². The second-order valence-electron chi connectivity index (χ2n) is 8.89. The zero-order chi connectivity index (χ0) is 24.9. The highest BCUT2D eigenvalue weighted by Gasteiger charge is 2.31. The molecule has 3 aromatic carbocycles. The summed E-state index contributed by atoms with van der Waals surface area (Å²) in [6, 6.07) is 27.6. The number of ether oxygens (including phenoxy) is 2. The number of nitrogens with zero attached hydrogens (tertiary/aromatic N) is 1. The molecule has 0 unspecified atom stereocenters. The third kappa shape index (κ3) is 5.09. The van der Waals surface area contributed by atoms with Crippen LogP contribution >= 0.6 is 0 Å². The van der Waals surface area contributed by atoms with Crippen molar-refractivity contribution >= 4 is 28.6 Å². The smallest absolute Gasteiger partial charge is 0.323 e. The van der Waals surface area contributed by atoms with Crippen LogP contribution in [0.15, 0.2) is 91.0 Å². The number of nitrogens with one attached hydrogen (secondary N) is 1. The Morgan fingerprint density at radius 2 is 1.56 bits per heavy atom. The van der Waals surface area contributed by atoms with Gasteiger partial charge in [-0.3, -0.25) is 14.5 Å². The highest BCUT2D eigenvalue weighted by atomic mass is 16.5. The van der Waals surface area contributed by atoms with Crippen molar-refractivity contribution in [1.82, 2.24) is 9.88 Å². The summed E-state index contributed by atoms with van der Waals surface area (Å²) in [5, 5.41) is 0.990. The fourth-order valence-corrected chi connectivity index (χ4v) is 4.76. The van der Waals surface area contributed by atoms with Gasteiger partial charge in [-0.25, -0.2) is 0 Å². The van der Waals surface area contributed by atoms with Crippen molar-refractivity contribution in [3.05, 3.63) is 113 Å². The largest absolute Gasteiger partial charge is 0.468 e. The van der Waals surface area contributed by atoms with E-state index in [1.165, 1.54) is 7.11 Å². The average Bonchev–Trinajstić information content (AvgIpc) is 3.51. The monoisotopic (exact) mass is 480 g/mol. The van der Waals surface area contributed by atoms with Crippen LogP contribution in [-0.2, 0) is 38.6 Å². The number of benzene rings is 3. The van der Waals surface area contributed by atoms with Crippen LogP contribution in [0.4, 0.5) is 0 Å². The number of aromatic amines is 1. The maximum atomic E-state index is 13.3. The van der Waals surface area contributed by atoms with Gasteiger partial charge in [0.05, 0.1) is 19.2 Å². The standard InChI is InChI=1S/C30H28N2O4/c1-35-30(34)26(32(19-21-10-4-2-5-11-21)20-22-12-6-3-7-13-22)18-24-23-14-8-9-15-25(23)31-29(24)27-16-17-28(33)36-27/h2-16,26,31H,17-20H2,1H3/t26-/m0/s1. The molecule has 1 N–H and O–H groups in total. The van der Waals surface area contributed by atoms with E-state index < -0.39 is 6.04 Å². The van der Waals surface area contributed by atoms with Crippen LogP contribution in [0.25, 0.3) is 16.7 Å². The number of fused-ring (bicyclic) bond motifs is 1. The van der Waals surface area contributed by atoms with E-state index in [2.05, 4.69) is 34.1 Å². The first-order valence-electron chi connectivity index (χ1n) is 12.0. The van der Waals surface area contributed by atoms with Gasteiger partial charge < -0.3 is 14.5 Å². The quantitative estimate of drug-likeness (QED) is 0.332. The van der Waals surface area contributed by atoms with Crippen molar-refractivity contribution in [1.29, 1.82) is 0 Å². The molecular formula is C30H28N2O4. The fraction of sp³-hybridized carbons (Fsp3) is 0.200. The lowest BCUT2D eigenvalue weighted by atomic mass is 9.99. The van der Waals surface area contributed by atoms with E-state index in [1.807, 2.05) is 60.7 Å². The molecule has 0 bridgehead atoms. The van der Waals surface area contributed by atoms with Gasteiger partial charge in [0.25, 0.3) is 0 Å². The molecule has 36 heavy (non-hydrogen) atoms.